The first-order valence-electron chi connectivity index (χ1n) is 7.61. The van der Waals surface area contributed by atoms with E-state index in [0.717, 1.165) is 31.9 Å². The molecule has 1 aromatic carbocycles. The molecular weight excluding hydrogens is 290 g/mol. The van der Waals surface area contributed by atoms with Crippen molar-refractivity contribution >= 4 is 5.82 Å². The molecule has 0 aliphatic carbocycles. The summed E-state index contributed by atoms with van der Waals surface area (Å²) < 4.78 is 5.11. The Labute approximate surface area is 135 Å². The molecule has 1 N–H and O–H groups in total. The summed E-state index contributed by atoms with van der Waals surface area (Å²) >= 11 is 0. The Bertz CT molecular complexity index is 695. The largest absolute Gasteiger partial charge is 0.481 e. The number of hydrogen-bond acceptors (Lipinski definition) is 6. The average Bonchev–Trinajstić information content (AvgIpc) is 3.02. The number of rotatable bonds is 5. The van der Waals surface area contributed by atoms with Crippen LogP contribution in [0.15, 0.2) is 36.7 Å². The Morgan fingerprint density at radius 2 is 2.17 bits per heavy atom. The Hall–Kier alpha value is -2.65. The van der Waals surface area contributed by atoms with E-state index in [1.807, 2.05) is 30.3 Å². The van der Waals surface area contributed by atoms with Crippen molar-refractivity contribution in [3.63, 3.8) is 0 Å². The second-order valence-electron chi connectivity index (χ2n) is 5.62. The van der Waals surface area contributed by atoms with Crippen molar-refractivity contribution < 1.29 is 4.74 Å². The van der Waals surface area contributed by atoms with Gasteiger partial charge in [0.2, 0.25) is 5.88 Å². The maximum Gasteiger partial charge on any atom is 0.218 e. The first kappa shape index (κ1) is 15.3. The number of nitriles is 1. The third kappa shape index (κ3) is 3.96. The van der Waals surface area contributed by atoms with Crippen LogP contribution >= 0.6 is 0 Å². The first-order chi connectivity index (χ1) is 11.3. The second kappa shape index (κ2) is 7.07. The molecule has 1 aliphatic rings. The summed E-state index contributed by atoms with van der Waals surface area (Å²) in [5, 5.41) is 12.3. The summed E-state index contributed by atoms with van der Waals surface area (Å²) in [6.45, 7) is 2.91. The van der Waals surface area contributed by atoms with Gasteiger partial charge in [-0.3, -0.25) is 4.90 Å². The van der Waals surface area contributed by atoms with Gasteiger partial charge in [-0.15, -0.1) is 0 Å². The quantitative estimate of drug-likeness (QED) is 0.911. The van der Waals surface area contributed by atoms with Crippen LogP contribution in [-0.4, -0.2) is 41.1 Å². The predicted molar refractivity (Wildman–Crippen MR) is 87.0 cm³/mol. The zero-order valence-corrected chi connectivity index (χ0v) is 13.1. The lowest BCUT2D eigenvalue weighted by molar-refractivity contribution is 0.328. The fraction of sp³-hybridized carbons (Fsp3) is 0.353. The molecule has 6 heteroatoms. The Morgan fingerprint density at radius 1 is 1.35 bits per heavy atom. The Morgan fingerprint density at radius 3 is 2.91 bits per heavy atom. The van der Waals surface area contributed by atoms with Crippen molar-refractivity contribution in [3.8, 4) is 11.9 Å². The van der Waals surface area contributed by atoms with Gasteiger partial charge < -0.3 is 10.1 Å². The topological polar surface area (TPSA) is 74.1 Å². The minimum absolute atomic E-state index is 0.369. The molecule has 1 aliphatic heterocycles. The van der Waals surface area contributed by atoms with E-state index in [1.165, 1.54) is 11.9 Å². The van der Waals surface area contributed by atoms with Crippen molar-refractivity contribution in [2.24, 2.45) is 0 Å². The van der Waals surface area contributed by atoms with Gasteiger partial charge in [0.1, 0.15) is 12.1 Å². The lowest BCUT2D eigenvalue weighted by Gasteiger charge is -2.17. The van der Waals surface area contributed by atoms with Crippen LogP contribution in [0.4, 0.5) is 5.82 Å². The molecule has 1 aromatic heterocycles. The van der Waals surface area contributed by atoms with Crippen LogP contribution < -0.4 is 10.1 Å². The molecule has 6 nitrogen and oxygen atoms in total. The third-order valence-corrected chi connectivity index (χ3v) is 3.96. The zero-order valence-electron chi connectivity index (χ0n) is 13.1. The lowest BCUT2D eigenvalue weighted by atomic mass is 10.1. The fourth-order valence-corrected chi connectivity index (χ4v) is 2.78. The van der Waals surface area contributed by atoms with E-state index in [1.54, 1.807) is 7.11 Å². The molecule has 0 amide bonds. The molecule has 118 valence electrons. The highest BCUT2D eigenvalue weighted by Gasteiger charge is 2.22. The minimum atomic E-state index is 0.369. The van der Waals surface area contributed by atoms with Crippen LogP contribution in [0.1, 0.15) is 17.5 Å². The minimum Gasteiger partial charge on any atom is -0.481 e. The van der Waals surface area contributed by atoms with E-state index < -0.39 is 0 Å². The smallest absolute Gasteiger partial charge is 0.218 e. The monoisotopic (exact) mass is 309 g/mol. The summed E-state index contributed by atoms with van der Waals surface area (Å²) in [6, 6.07) is 12.1. The van der Waals surface area contributed by atoms with Crippen LogP contribution in [0.3, 0.4) is 0 Å². The van der Waals surface area contributed by atoms with Gasteiger partial charge in [0.25, 0.3) is 0 Å². The molecule has 0 bridgehead atoms. The summed E-state index contributed by atoms with van der Waals surface area (Å²) in [6.07, 6.45) is 2.58. The van der Waals surface area contributed by atoms with Crippen LogP contribution in [-0.2, 0) is 6.54 Å². The fourth-order valence-electron chi connectivity index (χ4n) is 2.78. The van der Waals surface area contributed by atoms with Crippen molar-refractivity contribution in [1.82, 2.24) is 14.9 Å². The van der Waals surface area contributed by atoms with Crippen molar-refractivity contribution in [3.05, 3.63) is 47.8 Å². The van der Waals surface area contributed by atoms with Gasteiger partial charge in [-0.1, -0.05) is 12.1 Å². The highest BCUT2D eigenvalue weighted by Crippen LogP contribution is 2.18. The van der Waals surface area contributed by atoms with Gasteiger partial charge in [-0.2, -0.15) is 5.26 Å². The van der Waals surface area contributed by atoms with Gasteiger partial charge in [-0.25, -0.2) is 9.97 Å². The maximum absolute atomic E-state index is 8.84. The summed E-state index contributed by atoms with van der Waals surface area (Å²) in [7, 11) is 1.60. The standard InChI is InChI=1S/C17H19N5O/c1-23-17-8-16(19-12-20-17)21-15-6-7-22(11-15)10-14-4-2-13(9-18)3-5-14/h2-5,8,12,15H,6-7,10-11H2,1H3,(H,19,20,21). The number of benzene rings is 1. The molecule has 0 spiro atoms. The van der Waals surface area contributed by atoms with E-state index in [4.69, 9.17) is 10.00 Å². The molecule has 1 atom stereocenters. The number of hydrogen-bond donors (Lipinski definition) is 1. The van der Waals surface area contributed by atoms with E-state index in [0.29, 0.717) is 17.5 Å². The summed E-state index contributed by atoms with van der Waals surface area (Å²) in [5.74, 6) is 1.36. The molecule has 0 radical (unpaired) electrons. The van der Waals surface area contributed by atoms with Gasteiger partial charge in [0.05, 0.1) is 18.7 Å². The molecule has 2 aromatic rings. The van der Waals surface area contributed by atoms with E-state index in [2.05, 4.69) is 26.3 Å². The van der Waals surface area contributed by atoms with Crippen molar-refractivity contribution in [2.45, 2.75) is 19.0 Å². The highest BCUT2D eigenvalue weighted by atomic mass is 16.5. The Kier molecular flexibility index (Phi) is 4.69. The van der Waals surface area contributed by atoms with E-state index >= 15 is 0 Å². The van der Waals surface area contributed by atoms with Crippen LogP contribution in [0.5, 0.6) is 5.88 Å². The number of aromatic nitrogens is 2. The van der Waals surface area contributed by atoms with Gasteiger partial charge in [0.15, 0.2) is 0 Å². The van der Waals surface area contributed by atoms with E-state index in [-0.39, 0.29) is 0 Å². The maximum atomic E-state index is 8.84. The molecule has 2 heterocycles. The SMILES string of the molecule is COc1cc(NC2CCN(Cc3ccc(C#N)cc3)C2)ncn1. The summed E-state index contributed by atoms with van der Waals surface area (Å²) in [4.78, 5) is 10.6. The van der Waals surface area contributed by atoms with E-state index in [9.17, 15) is 0 Å². The normalized spacial score (nSPS) is 17.7. The van der Waals surface area contributed by atoms with Crippen LogP contribution in [0.25, 0.3) is 0 Å². The van der Waals surface area contributed by atoms with Gasteiger partial charge >= 0.3 is 0 Å². The number of methoxy groups -OCH3 is 1. The summed E-state index contributed by atoms with van der Waals surface area (Å²) in [5.41, 5.74) is 1.93. The number of anilines is 1. The van der Waals surface area contributed by atoms with Crippen molar-refractivity contribution in [2.75, 3.05) is 25.5 Å². The van der Waals surface area contributed by atoms with Crippen LogP contribution in [0, 0.1) is 11.3 Å². The predicted octanol–water partition coefficient (Wildman–Crippen LogP) is 2.04. The molecular formula is C17H19N5O. The zero-order chi connectivity index (χ0) is 16.1. The molecule has 1 unspecified atom stereocenters. The molecule has 1 fully saturated rings. The van der Waals surface area contributed by atoms with Crippen molar-refractivity contribution in [1.29, 1.82) is 5.26 Å². The number of nitrogens with zero attached hydrogens (tertiary/aromatic N) is 4. The van der Waals surface area contributed by atoms with Gasteiger partial charge in [-0.05, 0) is 24.1 Å². The van der Waals surface area contributed by atoms with Gasteiger partial charge in [0, 0.05) is 31.7 Å². The molecule has 23 heavy (non-hydrogen) atoms. The number of nitrogens with one attached hydrogen (secondary N) is 1. The second-order valence-corrected chi connectivity index (χ2v) is 5.62. The lowest BCUT2D eigenvalue weighted by Crippen LogP contribution is -2.26. The molecule has 0 saturated carbocycles. The highest BCUT2D eigenvalue weighted by molar-refractivity contribution is 5.38. The average molecular weight is 309 g/mol. The first-order valence-corrected chi connectivity index (χ1v) is 7.61. The van der Waals surface area contributed by atoms with Crippen LogP contribution in [0.2, 0.25) is 0 Å². The third-order valence-electron chi connectivity index (χ3n) is 3.96. The number of ether oxygens (including phenoxy) is 1. The molecule has 1 saturated heterocycles. The number of likely N-dealkylation sites (tertiary alicyclic amines) is 1. The Balaban J connectivity index is 1.54. The molecule has 3 rings (SSSR count).